The van der Waals surface area contributed by atoms with Crippen LogP contribution >= 0.6 is 7.82 Å². The molecule has 0 heterocycles. The van der Waals surface area contributed by atoms with Gasteiger partial charge in [-0.25, -0.2) is 4.57 Å². The molecule has 3 unspecified atom stereocenters. The molecule has 0 fully saturated rings. The Morgan fingerprint density at radius 1 is 0.756 bits per heavy atom. The Morgan fingerprint density at radius 2 is 1.27 bits per heavy atom. The van der Waals surface area contributed by atoms with E-state index >= 15 is 0 Å². The fourth-order valence-corrected chi connectivity index (χ4v) is 5.39. The van der Waals surface area contributed by atoms with Crippen LogP contribution in [0.2, 0.25) is 0 Å². The number of allylic oxidation sites excluding steroid dienone is 5. The summed E-state index contributed by atoms with van der Waals surface area (Å²) in [4.78, 5) is 22.8. The van der Waals surface area contributed by atoms with Gasteiger partial charge in [0.2, 0.25) is 5.91 Å². The quantitative estimate of drug-likeness (QED) is 0.0298. The van der Waals surface area contributed by atoms with Crippen molar-refractivity contribution in [1.29, 1.82) is 0 Å². The minimum absolute atomic E-state index is 0.0582. The number of nitrogens with one attached hydrogen (secondary N) is 1. The molecule has 0 aromatic carbocycles. The van der Waals surface area contributed by atoms with E-state index in [1.807, 2.05) is 27.2 Å². The zero-order valence-corrected chi connectivity index (χ0v) is 30.5. The van der Waals surface area contributed by atoms with Crippen molar-refractivity contribution in [3.63, 3.8) is 0 Å². The Kier molecular flexibility index (Phi) is 28.1. The summed E-state index contributed by atoms with van der Waals surface area (Å²) >= 11 is 0. The van der Waals surface area contributed by atoms with Gasteiger partial charge in [0.15, 0.2) is 0 Å². The van der Waals surface area contributed by atoms with Crippen LogP contribution in [-0.4, -0.2) is 73.4 Å². The Labute approximate surface area is 276 Å². The summed E-state index contributed by atoms with van der Waals surface area (Å²) in [6.07, 6.45) is 32.3. The Bertz CT molecular complexity index is 840. The number of likely N-dealkylation sites (N-methyl/N-ethyl adjacent to an activating group) is 1. The van der Waals surface area contributed by atoms with Crippen LogP contribution in [0.5, 0.6) is 0 Å². The maximum atomic E-state index is 12.7. The SMILES string of the molecule is CCCCC/C=C\C/C=C\CCCCCCCCCC(=O)NC(COP(=O)(O)OCC[N+](C)(C)C)C(O)/C=C/CCCCCC. The van der Waals surface area contributed by atoms with Crippen molar-refractivity contribution in [3.8, 4) is 0 Å². The number of carbonyl (C=O) groups is 1. The molecular weight excluding hydrogens is 587 g/mol. The molecule has 8 nitrogen and oxygen atoms in total. The molecule has 0 aliphatic heterocycles. The molecule has 1 amide bonds. The third-order valence-corrected chi connectivity index (χ3v) is 8.59. The lowest BCUT2D eigenvalue weighted by atomic mass is 10.1. The molecule has 0 saturated heterocycles. The molecule has 3 atom stereocenters. The topological polar surface area (TPSA) is 105 Å². The molecule has 45 heavy (non-hydrogen) atoms. The smallest absolute Gasteiger partial charge is 0.387 e. The average Bonchev–Trinajstić information content (AvgIpc) is 2.97. The van der Waals surface area contributed by atoms with Gasteiger partial charge in [-0.05, 0) is 51.4 Å². The first-order chi connectivity index (χ1) is 21.5. The van der Waals surface area contributed by atoms with Gasteiger partial charge in [0, 0.05) is 6.42 Å². The van der Waals surface area contributed by atoms with Crippen LogP contribution in [0.4, 0.5) is 0 Å². The fraction of sp³-hybridized carbons (Fsp3) is 0.806. The van der Waals surface area contributed by atoms with E-state index in [4.69, 9.17) is 9.05 Å². The van der Waals surface area contributed by atoms with Gasteiger partial charge in [0.1, 0.15) is 13.2 Å². The minimum Gasteiger partial charge on any atom is -0.387 e. The van der Waals surface area contributed by atoms with E-state index in [-0.39, 0.29) is 19.1 Å². The van der Waals surface area contributed by atoms with Gasteiger partial charge in [0.25, 0.3) is 0 Å². The maximum Gasteiger partial charge on any atom is 0.472 e. The van der Waals surface area contributed by atoms with E-state index in [9.17, 15) is 19.4 Å². The molecule has 0 radical (unpaired) electrons. The predicted molar refractivity (Wildman–Crippen MR) is 189 cm³/mol. The fourth-order valence-electron chi connectivity index (χ4n) is 4.66. The first-order valence-corrected chi connectivity index (χ1v) is 19.4. The zero-order chi connectivity index (χ0) is 33.7. The molecule has 3 N–H and O–H groups in total. The lowest BCUT2D eigenvalue weighted by molar-refractivity contribution is -0.870. The summed E-state index contributed by atoms with van der Waals surface area (Å²) in [5, 5.41) is 13.6. The lowest BCUT2D eigenvalue weighted by Crippen LogP contribution is -2.45. The standard InChI is InChI=1S/C36H69N2O6P/c1-6-8-10-12-14-15-16-17-18-19-20-21-22-23-24-26-28-30-36(40)37-34(35(39)29-27-25-13-11-9-7-2)33-44-45(41,42)43-32-31-38(3,4)5/h14-15,17-18,27,29,34-35,39H,6-13,16,19-26,28,30-33H2,1-5H3,(H-,37,40,41,42)/p+1/b15-14-,18-17-,29-27+. The number of amides is 1. The van der Waals surface area contributed by atoms with E-state index in [1.165, 1.54) is 57.8 Å². The van der Waals surface area contributed by atoms with Crippen molar-refractivity contribution in [1.82, 2.24) is 5.32 Å². The number of quaternary nitrogens is 1. The van der Waals surface area contributed by atoms with E-state index < -0.39 is 20.0 Å². The molecule has 0 saturated carbocycles. The summed E-state index contributed by atoms with van der Waals surface area (Å²) in [6.45, 7) is 4.67. The van der Waals surface area contributed by atoms with Gasteiger partial charge in [0.05, 0.1) is 39.9 Å². The molecule has 0 rings (SSSR count). The predicted octanol–water partition coefficient (Wildman–Crippen LogP) is 8.79. The van der Waals surface area contributed by atoms with Gasteiger partial charge >= 0.3 is 7.82 Å². The normalized spacial score (nSPS) is 15.3. The second kappa shape index (κ2) is 28.9. The van der Waals surface area contributed by atoms with Gasteiger partial charge < -0.3 is 19.8 Å². The highest BCUT2D eigenvalue weighted by Gasteiger charge is 2.27. The third-order valence-electron chi connectivity index (χ3n) is 7.60. The molecule has 0 aromatic rings. The van der Waals surface area contributed by atoms with Gasteiger partial charge in [-0.2, -0.15) is 0 Å². The Hall–Kier alpha value is -1.28. The van der Waals surface area contributed by atoms with Crippen molar-refractivity contribution in [2.45, 2.75) is 148 Å². The van der Waals surface area contributed by atoms with E-state index in [0.29, 0.717) is 17.4 Å². The number of aliphatic hydroxyl groups is 1. The molecule has 0 spiro atoms. The summed E-state index contributed by atoms with van der Waals surface area (Å²) in [5.41, 5.74) is 0. The van der Waals surface area contributed by atoms with Crippen molar-refractivity contribution >= 4 is 13.7 Å². The van der Waals surface area contributed by atoms with Gasteiger partial charge in [-0.1, -0.05) is 115 Å². The van der Waals surface area contributed by atoms with Crippen LogP contribution in [0.25, 0.3) is 0 Å². The highest BCUT2D eigenvalue weighted by Crippen LogP contribution is 2.43. The number of unbranched alkanes of at least 4 members (excludes halogenated alkanes) is 14. The average molecular weight is 658 g/mol. The molecule has 264 valence electrons. The van der Waals surface area contributed by atoms with Gasteiger partial charge in [-0.15, -0.1) is 0 Å². The minimum atomic E-state index is -4.32. The summed E-state index contributed by atoms with van der Waals surface area (Å²) in [6, 6.07) is -0.845. The zero-order valence-electron chi connectivity index (χ0n) is 29.6. The molecule has 0 aliphatic rings. The Balaban J connectivity index is 4.38. The number of hydrogen-bond donors (Lipinski definition) is 3. The highest BCUT2D eigenvalue weighted by molar-refractivity contribution is 7.47. The van der Waals surface area contributed by atoms with Crippen LogP contribution in [0, 0.1) is 0 Å². The first-order valence-electron chi connectivity index (χ1n) is 17.9. The second-order valence-electron chi connectivity index (χ2n) is 13.2. The van der Waals surface area contributed by atoms with Crippen molar-refractivity contribution < 1.29 is 32.9 Å². The Morgan fingerprint density at radius 3 is 1.87 bits per heavy atom. The molecule has 0 aliphatic carbocycles. The monoisotopic (exact) mass is 657 g/mol. The number of phosphoric acid groups is 1. The number of carbonyl (C=O) groups excluding carboxylic acids is 1. The maximum absolute atomic E-state index is 12.7. The largest absolute Gasteiger partial charge is 0.472 e. The number of aliphatic hydroxyl groups excluding tert-OH is 1. The molecule has 0 aromatic heterocycles. The van der Waals surface area contributed by atoms with Crippen molar-refractivity contribution in [2.75, 3.05) is 40.9 Å². The van der Waals surface area contributed by atoms with Crippen LogP contribution < -0.4 is 5.32 Å². The first kappa shape index (κ1) is 43.7. The van der Waals surface area contributed by atoms with E-state index in [1.54, 1.807) is 6.08 Å². The third kappa shape index (κ3) is 31.1. The van der Waals surface area contributed by atoms with Crippen LogP contribution in [-0.2, 0) is 18.4 Å². The number of nitrogens with zero attached hydrogens (tertiary/aromatic N) is 1. The van der Waals surface area contributed by atoms with Crippen LogP contribution in [0.3, 0.4) is 0 Å². The van der Waals surface area contributed by atoms with Crippen LogP contribution in [0.1, 0.15) is 136 Å². The lowest BCUT2D eigenvalue weighted by Gasteiger charge is -2.25. The highest BCUT2D eigenvalue weighted by atomic mass is 31.2. The van der Waals surface area contributed by atoms with Crippen molar-refractivity contribution in [2.24, 2.45) is 0 Å². The number of phosphoric ester groups is 1. The van der Waals surface area contributed by atoms with Crippen molar-refractivity contribution in [3.05, 3.63) is 36.5 Å². The molecule has 9 heteroatoms. The number of rotatable bonds is 31. The molecular formula is C36H70N2O6P+. The second-order valence-corrected chi connectivity index (χ2v) is 14.7. The van der Waals surface area contributed by atoms with Crippen LogP contribution in [0.15, 0.2) is 36.5 Å². The summed E-state index contributed by atoms with van der Waals surface area (Å²) in [5.74, 6) is -0.194. The van der Waals surface area contributed by atoms with E-state index in [0.717, 1.165) is 57.8 Å². The summed E-state index contributed by atoms with van der Waals surface area (Å²) < 4.78 is 23.3. The number of hydrogen-bond acceptors (Lipinski definition) is 5. The molecule has 0 bridgehead atoms. The summed E-state index contributed by atoms with van der Waals surface area (Å²) in [7, 11) is 1.55. The van der Waals surface area contributed by atoms with E-state index in [2.05, 4.69) is 43.5 Å². The van der Waals surface area contributed by atoms with Gasteiger partial charge in [-0.3, -0.25) is 13.8 Å².